The van der Waals surface area contributed by atoms with Crippen LogP contribution in [-0.2, 0) is 0 Å². The second-order valence-electron chi connectivity index (χ2n) is 17.9. The molecule has 8 fully saturated rings. The van der Waals surface area contributed by atoms with Crippen molar-refractivity contribution in [3.63, 3.8) is 0 Å². The van der Waals surface area contributed by atoms with Crippen LogP contribution in [0.15, 0.2) is 0 Å². The van der Waals surface area contributed by atoms with Gasteiger partial charge in [0.15, 0.2) is 0 Å². The summed E-state index contributed by atoms with van der Waals surface area (Å²) in [6.45, 7) is 0. The fourth-order valence-electron chi connectivity index (χ4n) is 11.4. The van der Waals surface area contributed by atoms with E-state index in [1.165, 1.54) is 180 Å². The number of fused-ring (bicyclic) bond motifs is 1. The molecular weight excluding hydrogens is 553 g/mol. The molecule has 0 aromatic rings. The summed E-state index contributed by atoms with van der Waals surface area (Å²) in [4.78, 5) is 0. The molecule has 270 valence electrons. The van der Waals surface area contributed by atoms with Gasteiger partial charge in [-0.25, -0.2) is 0 Å². The highest BCUT2D eigenvalue weighted by Crippen LogP contribution is 2.41. The predicted octanol–water partition coefficient (Wildman–Crippen LogP) is 16.3. The normalized spacial score (nSPS) is 30.3. The van der Waals surface area contributed by atoms with Crippen LogP contribution in [-0.4, -0.2) is 0 Å². The van der Waals surface area contributed by atoms with Gasteiger partial charge in [0, 0.05) is 0 Å². The highest BCUT2D eigenvalue weighted by atomic mass is 14.3. The van der Waals surface area contributed by atoms with E-state index in [4.69, 9.17) is 0 Å². The first-order valence-electron chi connectivity index (χ1n) is 22.9. The van der Waals surface area contributed by atoms with Gasteiger partial charge in [-0.3, -0.25) is 0 Å². The molecule has 0 amide bonds. The fraction of sp³-hybridized carbons (Fsp3) is 1.00. The Morgan fingerprint density at radius 1 is 0.109 bits per heavy atom. The molecule has 0 aromatic carbocycles. The minimum atomic E-state index is 1.14. The third kappa shape index (κ3) is 16.6. The highest BCUT2D eigenvalue weighted by Gasteiger charge is 2.27. The lowest BCUT2D eigenvalue weighted by atomic mass is 9.71. The van der Waals surface area contributed by atoms with Gasteiger partial charge >= 0.3 is 0 Å². The van der Waals surface area contributed by atoms with Crippen molar-refractivity contribution in [3.05, 3.63) is 0 Å². The van der Waals surface area contributed by atoms with E-state index in [0.29, 0.717) is 0 Å². The standard InChI is InChI=1S/2C12H22.C10H18.2C6H12/c2*1-3-7-11(8-4-1)12-9-5-2-6-10-12;1-2-6-10-8-4-3-7-9(10)5-1;2*1-2-4-6-5-3-1/h2*11-12H,1-10H2;9-10H,1-8H2;2*1-6H2. The summed E-state index contributed by atoms with van der Waals surface area (Å²) in [5, 5.41) is 0. The molecule has 0 spiro atoms. The third-order valence-corrected chi connectivity index (χ3v) is 14.4. The van der Waals surface area contributed by atoms with Crippen LogP contribution >= 0.6 is 0 Å². The first kappa shape index (κ1) is 38.8. The van der Waals surface area contributed by atoms with Gasteiger partial charge in [-0.15, -0.1) is 0 Å². The molecule has 0 aliphatic heterocycles. The quantitative estimate of drug-likeness (QED) is 0.282. The van der Waals surface area contributed by atoms with E-state index in [0.717, 1.165) is 35.5 Å². The second-order valence-corrected chi connectivity index (χ2v) is 17.9. The van der Waals surface area contributed by atoms with E-state index in [1.807, 2.05) is 0 Å². The Morgan fingerprint density at radius 3 is 0.326 bits per heavy atom. The second kappa shape index (κ2) is 25.9. The van der Waals surface area contributed by atoms with Crippen molar-refractivity contribution in [1.29, 1.82) is 0 Å². The highest BCUT2D eigenvalue weighted by molar-refractivity contribution is 4.79. The molecule has 0 heteroatoms. The first-order chi connectivity index (χ1) is 22.9. The molecule has 46 heavy (non-hydrogen) atoms. The van der Waals surface area contributed by atoms with Crippen molar-refractivity contribution >= 4 is 0 Å². The van der Waals surface area contributed by atoms with Crippen LogP contribution in [0.1, 0.15) is 257 Å². The van der Waals surface area contributed by atoms with E-state index in [9.17, 15) is 0 Å². The first-order valence-corrected chi connectivity index (χ1v) is 22.9. The minimum absolute atomic E-state index is 1.14. The van der Waals surface area contributed by atoms with E-state index in [-0.39, 0.29) is 0 Å². The Morgan fingerprint density at radius 2 is 0.196 bits per heavy atom. The van der Waals surface area contributed by atoms with Gasteiger partial charge in [0.1, 0.15) is 0 Å². The van der Waals surface area contributed by atoms with Crippen LogP contribution in [0.4, 0.5) is 0 Å². The van der Waals surface area contributed by atoms with Gasteiger partial charge in [0.2, 0.25) is 0 Å². The summed E-state index contributed by atoms with van der Waals surface area (Å²) in [6.07, 6.45) is 61.1. The Kier molecular flexibility index (Phi) is 21.8. The van der Waals surface area contributed by atoms with Gasteiger partial charge in [-0.2, -0.15) is 0 Å². The molecule has 0 radical (unpaired) electrons. The number of hydrogen-bond acceptors (Lipinski definition) is 0. The summed E-state index contributed by atoms with van der Waals surface area (Å²) < 4.78 is 0. The summed E-state index contributed by atoms with van der Waals surface area (Å²) in [5.41, 5.74) is 0. The lowest BCUT2D eigenvalue weighted by Crippen LogP contribution is -2.22. The van der Waals surface area contributed by atoms with E-state index in [1.54, 1.807) is 77.0 Å². The number of rotatable bonds is 2. The number of hydrogen-bond donors (Lipinski definition) is 0. The maximum Gasteiger partial charge on any atom is -0.0386 e. The molecule has 0 saturated heterocycles. The molecule has 0 aromatic heterocycles. The van der Waals surface area contributed by atoms with Gasteiger partial charge in [-0.05, 0) is 35.5 Å². The van der Waals surface area contributed by atoms with Crippen molar-refractivity contribution in [2.24, 2.45) is 35.5 Å². The Bertz CT molecular complexity index is 523. The molecule has 0 N–H and O–H groups in total. The lowest BCUT2D eigenvalue weighted by Gasteiger charge is -2.35. The Balaban J connectivity index is 0.000000134. The maximum atomic E-state index is 1.56. The fourth-order valence-corrected chi connectivity index (χ4v) is 11.4. The zero-order valence-corrected chi connectivity index (χ0v) is 31.7. The minimum Gasteiger partial charge on any atom is -0.0533 e. The third-order valence-electron chi connectivity index (χ3n) is 14.4. The van der Waals surface area contributed by atoms with Crippen LogP contribution in [0.5, 0.6) is 0 Å². The molecule has 0 bridgehead atoms. The molecule has 0 heterocycles. The molecule has 8 rings (SSSR count). The molecular formula is C46H86. The lowest BCUT2D eigenvalue weighted by molar-refractivity contribution is 0.171. The van der Waals surface area contributed by atoms with Gasteiger partial charge in [0.25, 0.3) is 0 Å². The van der Waals surface area contributed by atoms with Crippen LogP contribution in [0, 0.1) is 35.5 Å². The van der Waals surface area contributed by atoms with Crippen LogP contribution in [0.25, 0.3) is 0 Å². The van der Waals surface area contributed by atoms with Gasteiger partial charge in [0.05, 0.1) is 0 Å². The molecule has 8 aliphatic rings. The molecule has 0 atom stereocenters. The molecule has 8 aliphatic carbocycles. The predicted molar refractivity (Wildman–Crippen MR) is 206 cm³/mol. The van der Waals surface area contributed by atoms with E-state index >= 15 is 0 Å². The van der Waals surface area contributed by atoms with Crippen molar-refractivity contribution in [3.8, 4) is 0 Å². The monoisotopic (exact) mass is 639 g/mol. The zero-order valence-electron chi connectivity index (χ0n) is 31.7. The van der Waals surface area contributed by atoms with Gasteiger partial charge < -0.3 is 0 Å². The zero-order chi connectivity index (χ0) is 31.7. The van der Waals surface area contributed by atoms with Gasteiger partial charge in [-0.1, -0.05) is 257 Å². The van der Waals surface area contributed by atoms with Crippen LogP contribution < -0.4 is 0 Å². The summed E-state index contributed by atoms with van der Waals surface area (Å²) in [7, 11) is 0. The Labute approximate surface area is 291 Å². The topological polar surface area (TPSA) is 0 Å². The smallest absolute Gasteiger partial charge is 0.0386 e. The Hall–Kier alpha value is 0. The largest absolute Gasteiger partial charge is 0.0533 e. The van der Waals surface area contributed by atoms with Crippen molar-refractivity contribution in [2.75, 3.05) is 0 Å². The SMILES string of the molecule is C1CCC(C2CCCCC2)CC1.C1CCC(C2CCCCC2)CC1.C1CCC2CCCCC2C1.C1CCCCC1.C1CCCCC1. The van der Waals surface area contributed by atoms with Crippen molar-refractivity contribution < 1.29 is 0 Å². The average Bonchev–Trinajstić information content (AvgIpc) is 3.19. The summed E-state index contributed by atoms with van der Waals surface area (Å²) in [5.74, 6) is 6.86. The molecule has 0 nitrogen and oxygen atoms in total. The van der Waals surface area contributed by atoms with Crippen molar-refractivity contribution in [1.82, 2.24) is 0 Å². The maximum absolute atomic E-state index is 1.56. The van der Waals surface area contributed by atoms with Crippen LogP contribution in [0.2, 0.25) is 0 Å². The summed E-state index contributed by atoms with van der Waals surface area (Å²) in [6, 6.07) is 0. The molecule has 0 unspecified atom stereocenters. The van der Waals surface area contributed by atoms with E-state index in [2.05, 4.69) is 0 Å². The molecule has 8 saturated carbocycles. The summed E-state index contributed by atoms with van der Waals surface area (Å²) >= 11 is 0. The van der Waals surface area contributed by atoms with E-state index < -0.39 is 0 Å². The average molecular weight is 639 g/mol. The van der Waals surface area contributed by atoms with Crippen molar-refractivity contribution in [2.45, 2.75) is 257 Å². The van der Waals surface area contributed by atoms with Crippen LogP contribution in [0.3, 0.4) is 0 Å².